The Hall–Kier alpha value is -3.66. The number of aromatic nitrogens is 2. The number of pyridine rings is 2. The zero-order valence-electron chi connectivity index (χ0n) is 22.3. The highest BCUT2D eigenvalue weighted by molar-refractivity contribution is 5.97. The van der Waals surface area contributed by atoms with Gasteiger partial charge in [-0.05, 0) is 74.2 Å². The zero-order chi connectivity index (χ0) is 27.1. The van der Waals surface area contributed by atoms with Crippen LogP contribution in [0.4, 0.5) is 0 Å². The van der Waals surface area contributed by atoms with Crippen LogP contribution in [-0.2, 0) is 29.2 Å². The van der Waals surface area contributed by atoms with E-state index < -0.39 is 6.04 Å². The van der Waals surface area contributed by atoms with Crippen LogP contribution in [0.3, 0.4) is 0 Å². The zero-order valence-corrected chi connectivity index (χ0v) is 22.3. The fourth-order valence-electron chi connectivity index (χ4n) is 4.42. The molecule has 2 amide bonds. The molecule has 206 valence electrons. The van der Waals surface area contributed by atoms with Crippen molar-refractivity contribution in [3.8, 4) is 0 Å². The van der Waals surface area contributed by atoms with E-state index in [-0.39, 0.29) is 17.9 Å². The summed E-state index contributed by atoms with van der Waals surface area (Å²) in [6, 6.07) is 18.5. The van der Waals surface area contributed by atoms with Crippen LogP contribution in [0.25, 0.3) is 0 Å². The lowest BCUT2D eigenvalue weighted by Crippen LogP contribution is -2.48. The Morgan fingerprint density at radius 2 is 1.62 bits per heavy atom. The molecule has 1 aliphatic rings. The molecule has 0 aliphatic carbocycles. The van der Waals surface area contributed by atoms with Gasteiger partial charge in [-0.2, -0.15) is 0 Å². The molecule has 0 spiro atoms. The van der Waals surface area contributed by atoms with Crippen molar-refractivity contribution in [3.05, 3.63) is 95.6 Å². The standard InChI is InChI=1S/C30H38N6O3/c37-29(24-13-11-23(12-14-24)19-32-21-26-8-2-4-17-34-26)36-28(30(38)35-22-27-9-6-18-39-27)10-5-15-31-20-25-7-1-3-16-33-25/h1-4,7-8,11-14,16-17,27-28,31-32H,5-6,9-10,15,18-22H2,(H,35,38)(H,36,37)/t27-,28?/m0/s1. The molecular weight excluding hydrogens is 492 g/mol. The van der Waals surface area contributed by atoms with E-state index in [1.165, 1.54) is 0 Å². The maximum atomic E-state index is 13.0. The Morgan fingerprint density at radius 1 is 0.897 bits per heavy atom. The highest BCUT2D eigenvalue weighted by Gasteiger charge is 2.23. The first-order valence-electron chi connectivity index (χ1n) is 13.7. The van der Waals surface area contributed by atoms with Crippen LogP contribution >= 0.6 is 0 Å². The molecule has 4 N–H and O–H groups in total. The third-order valence-corrected chi connectivity index (χ3v) is 6.61. The number of nitrogens with zero attached hydrogens (tertiary/aromatic N) is 2. The third kappa shape index (κ3) is 9.86. The molecule has 2 aromatic heterocycles. The quantitative estimate of drug-likeness (QED) is 0.223. The fraction of sp³-hybridized carbons (Fsp3) is 0.400. The summed E-state index contributed by atoms with van der Waals surface area (Å²) in [7, 11) is 0. The molecule has 9 nitrogen and oxygen atoms in total. The number of hydrogen-bond donors (Lipinski definition) is 4. The summed E-state index contributed by atoms with van der Waals surface area (Å²) in [5, 5.41) is 12.6. The van der Waals surface area contributed by atoms with Gasteiger partial charge in [0, 0.05) is 50.7 Å². The monoisotopic (exact) mass is 530 g/mol. The molecule has 9 heteroatoms. The van der Waals surface area contributed by atoms with Crippen molar-refractivity contribution in [2.75, 3.05) is 19.7 Å². The van der Waals surface area contributed by atoms with E-state index >= 15 is 0 Å². The van der Waals surface area contributed by atoms with E-state index in [1.807, 2.05) is 48.5 Å². The molecule has 39 heavy (non-hydrogen) atoms. The number of ether oxygens (including phenoxy) is 1. The van der Waals surface area contributed by atoms with Crippen molar-refractivity contribution >= 4 is 11.8 Å². The van der Waals surface area contributed by atoms with Crippen LogP contribution in [0.2, 0.25) is 0 Å². The molecule has 0 radical (unpaired) electrons. The fourth-order valence-corrected chi connectivity index (χ4v) is 4.42. The van der Waals surface area contributed by atoms with Gasteiger partial charge < -0.3 is 26.0 Å². The average molecular weight is 531 g/mol. The van der Waals surface area contributed by atoms with Crippen molar-refractivity contribution in [2.45, 2.75) is 57.5 Å². The topological polar surface area (TPSA) is 117 Å². The van der Waals surface area contributed by atoms with Gasteiger partial charge in [0.15, 0.2) is 0 Å². The van der Waals surface area contributed by atoms with Crippen molar-refractivity contribution in [2.24, 2.45) is 0 Å². The molecule has 1 saturated heterocycles. The first-order chi connectivity index (χ1) is 19.2. The maximum Gasteiger partial charge on any atom is 0.251 e. The van der Waals surface area contributed by atoms with Crippen molar-refractivity contribution in [1.82, 2.24) is 31.2 Å². The summed E-state index contributed by atoms with van der Waals surface area (Å²) >= 11 is 0. The van der Waals surface area contributed by atoms with Gasteiger partial charge in [0.25, 0.3) is 5.91 Å². The van der Waals surface area contributed by atoms with Crippen LogP contribution in [0, 0.1) is 0 Å². The van der Waals surface area contributed by atoms with Crippen LogP contribution in [-0.4, -0.2) is 53.6 Å². The number of hydrogen-bond acceptors (Lipinski definition) is 7. The van der Waals surface area contributed by atoms with Gasteiger partial charge in [-0.25, -0.2) is 0 Å². The van der Waals surface area contributed by atoms with Gasteiger partial charge in [-0.3, -0.25) is 19.6 Å². The Balaban J connectivity index is 1.26. The summed E-state index contributed by atoms with van der Waals surface area (Å²) < 4.78 is 5.63. The van der Waals surface area contributed by atoms with Crippen LogP contribution in [0.5, 0.6) is 0 Å². The number of nitrogens with one attached hydrogen (secondary N) is 4. The Bertz CT molecular complexity index is 1140. The molecule has 1 unspecified atom stereocenters. The smallest absolute Gasteiger partial charge is 0.251 e. The Labute approximate surface area is 230 Å². The van der Waals surface area contributed by atoms with E-state index in [2.05, 4.69) is 31.2 Å². The Morgan fingerprint density at radius 3 is 2.26 bits per heavy atom. The maximum absolute atomic E-state index is 13.0. The second-order valence-electron chi connectivity index (χ2n) is 9.67. The lowest BCUT2D eigenvalue weighted by molar-refractivity contribution is -0.123. The number of rotatable bonds is 15. The molecule has 3 aromatic rings. The van der Waals surface area contributed by atoms with Gasteiger partial charge in [0.05, 0.1) is 17.5 Å². The van der Waals surface area contributed by atoms with Gasteiger partial charge in [0.2, 0.25) is 5.91 Å². The number of amides is 2. The van der Waals surface area contributed by atoms with E-state index in [9.17, 15) is 9.59 Å². The minimum Gasteiger partial charge on any atom is -0.376 e. The second-order valence-corrected chi connectivity index (χ2v) is 9.67. The van der Waals surface area contributed by atoms with Crippen molar-refractivity contribution in [3.63, 3.8) is 0 Å². The van der Waals surface area contributed by atoms with Gasteiger partial charge in [-0.1, -0.05) is 24.3 Å². The minimum atomic E-state index is -0.629. The molecule has 0 saturated carbocycles. The first kappa shape index (κ1) is 28.4. The molecular formula is C30H38N6O3. The van der Waals surface area contributed by atoms with E-state index in [1.54, 1.807) is 24.5 Å². The van der Waals surface area contributed by atoms with Gasteiger partial charge in [-0.15, -0.1) is 0 Å². The third-order valence-electron chi connectivity index (χ3n) is 6.61. The second kappa shape index (κ2) is 15.7. The molecule has 1 fully saturated rings. The van der Waals surface area contributed by atoms with Crippen molar-refractivity contribution < 1.29 is 14.3 Å². The predicted molar refractivity (Wildman–Crippen MR) is 150 cm³/mol. The highest BCUT2D eigenvalue weighted by atomic mass is 16.5. The first-order valence-corrected chi connectivity index (χ1v) is 13.7. The summed E-state index contributed by atoms with van der Waals surface area (Å²) in [6.07, 6.45) is 6.80. The van der Waals surface area contributed by atoms with E-state index in [0.29, 0.717) is 44.7 Å². The summed E-state index contributed by atoms with van der Waals surface area (Å²) in [5.41, 5.74) is 3.53. The number of benzene rings is 1. The van der Waals surface area contributed by atoms with E-state index in [4.69, 9.17) is 4.74 Å². The largest absolute Gasteiger partial charge is 0.376 e. The van der Waals surface area contributed by atoms with Gasteiger partial charge >= 0.3 is 0 Å². The molecule has 3 heterocycles. The van der Waals surface area contributed by atoms with Gasteiger partial charge in [0.1, 0.15) is 6.04 Å². The lowest BCUT2D eigenvalue weighted by Gasteiger charge is -2.20. The SMILES string of the molecule is O=C(NC(CCCNCc1ccccn1)C(=O)NC[C@@H]1CCCO1)c1ccc(CNCc2ccccn2)cc1. The average Bonchev–Trinajstić information content (AvgIpc) is 3.50. The lowest BCUT2D eigenvalue weighted by atomic mass is 10.1. The molecule has 4 rings (SSSR count). The molecule has 1 aromatic carbocycles. The highest BCUT2D eigenvalue weighted by Crippen LogP contribution is 2.11. The van der Waals surface area contributed by atoms with Crippen LogP contribution in [0.15, 0.2) is 73.1 Å². The van der Waals surface area contributed by atoms with Crippen LogP contribution < -0.4 is 21.3 Å². The summed E-state index contributed by atoms with van der Waals surface area (Å²) in [4.78, 5) is 34.7. The Kier molecular flexibility index (Phi) is 11.4. The summed E-state index contributed by atoms with van der Waals surface area (Å²) in [5.74, 6) is -0.444. The van der Waals surface area contributed by atoms with E-state index in [0.717, 1.165) is 42.8 Å². The minimum absolute atomic E-state index is 0.0455. The molecule has 1 aliphatic heterocycles. The predicted octanol–water partition coefficient (Wildman–Crippen LogP) is 2.73. The van der Waals surface area contributed by atoms with Crippen LogP contribution in [0.1, 0.15) is 53.0 Å². The molecule has 2 atom stereocenters. The number of carbonyl (C=O) groups excluding carboxylic acids is 2. The molecule has 0 bridgehead atoms. The summed E-state index contributed by atoms with van der Waals surface area (Å²) in [6.45, 7) is 3.90. The number of carbonyl (C=O) groups is 2. The van der Waals surface area contributed by atoms with Crippen molar-refractivity contribution in [1.29, 1.82) is 0 Å². The normalized spacial score (nSPS) is 15.5.